The summed E-state index contributed by atoms with van der Waals surface area (Å²) < 4.78 is 6.09. The molecule has 27 heavy (non-hydrogen) atoms. The van der Waals surface area contributed by atoms with E-state index in [0.717, 1.165) is 17.1 Å². The molecular formula is C26H18O. The van der Waals surface area contributed by atoms with E-state index >= 15 is 0 Å². The van der Waals surface area contributed by atoms with Crippen molar-refractivity contribution >= 4 is 38.4 Å². The predicted molar refractivity (Wildman–Crippen MR) is 116 cm³/mol. The van der Waals surface area contributed by atoms with Crippen molar-refractivity contribution in [2.45, 2.75) is 0 Å². The zero-order chi connectivity index (χ0) is 18.2. The van der Waals surface area contributed by atoms with Gasteiger partial charge in [-0.25, -0.2) is 0 Å². The number of furan rings is 1. The van der Waals surface area contributed by atoms with E-state index < -0.39 is 0 Å². The van der Waals surface area contributed by atoms with Gasteiger partial charge in [-0.05, 0) is 56.6 Å². The molecule has 4 aromatic carbocycles. The molecule has 1 nitrogen and oxygen atoms in total. The average Bonchev–Trinajstić information content (AvgIpc) is 3.18. The molecular weight excluding hydrogens is 328 g/mol. The summed E-state index contributed by atoms with van der Waals surface area (Å²) in [5, 5.41) is 7.69. The van der Waals surface area contributed by atoms with E-state index in [1.807, 2.05) is 36.4 Å². The van der Waals surface area contributed by atoms with Gasteiger partial charge in [-0.3, -0.25) is 0 Å². The molecule has 0 fully saturated rings. The van der Waals surface area contributed by atoms with E-state index in [1.54, 1.807) is 6.08 Å². The Labute approximate surface area is 157 Å². The molecule has 1 aromatic heterocycles. The highest BCUT2D eigenvalue weighted by atomic mass is 16.3. The lowest BCUT2D eigenvalue weighted by Gasteiger charge is -2.12. The molecule has 0 amide bonds. The Hall–Kier alpha value is -3.58. The van der Waals surface area contributed by atoms with E-state index in [9.17, 15) is 0 Å². The van der Waals surface area contributed by atoms with Gasteiger partial charge in [-0.2, -0.15) is 0 Å². The Kier molecular flexibility index (Phi) is 3.65. The van der Waals surface area contributed by atoms with Crippen LogP contribution in [0.3, 0.4) is 0 Å². The largest absolute Gasteiger partial charge is 0.457 e. The molecule has 5 rings (SSSR count). The molecule has 128 valence electrons. The van der Waals surface area contributed by atoms with E-state index in [-0.39, 0.29) is 0 Å². The number of hydrogen-bond acceptors (Lipinski definition) is 1. The van der Waals surface area contributed by atoms with Gasteiger partial charge in [0.15, 0.2) is 0 Å². The Morgan fingerprint density at radius 2 is 1.41 bits per heavy atom. The number of allylic oxidation sites excluding steroid dienone is 4. The fourth-order valence-electron chi connectivity index (χ4n) is 3.83. The van der Waals surface area contributed by atoms with Crippen molar-refractivity contribution in [1.82, 2.24) is 0 Å². The fourth-order valence-corrected chi connectivity index (χ4v) is 3.83. The van der Waals surface area contributed by atoms with Crippen molar-refractivity contribution in [2.24, 2.45) is 0 Å². The quantitative estimate of drug-likeness (QED) is 0.241. The molecule has 0 aliphatic rings. The van der Waals surface area contributed by atoms with Crippen LogP contribution in [-0.2, 0) is 0 Å². The first-order valence-corrected chi connectivity index (χ1v) is 9.08. The van der Waals surface area contributed by atoms with Crippen LogP contribution in [0.2, 0.25) is 0 Å². The molecule has 0 aliphatic carbocycles. The summed E-state index contributed by atoms with van der Waals surface area (Å²) in [7, 11) is 0. The van der Waals surface area contributed by atoms with Gasteiger partial charge in [0.25, 0.3) is 0 Å². The summed E-state index contributed by atoms with van der Waals surface area (Å²) in [5.41, 5.74) is 1.13. The summed E-state index contributed by atoms with van der Waals surface area (Å²) >= 11 is 0. The maximum absolute atomic E-state index is 6.09. The SMILES string of the molecule is C=C/C=C\C=C\c1ccc(-c2ccc3ccc4cccc5ccc2c3c45)o1. The Morgan fingerprint density at radius 1 is 0.667 bits per heavy atom. The van der Waals surface area contributed by atoms with Crippen LogP contribution >= 0.6 is 0 Å². The summed E-state index contributed by atoms with van der Waals surface area (Å²) in [6.07, 6.45) is 9.49. The first-order chi connectivity index (χ1) is 13.3. The van der Waals surface area contributed by atoms with Gasteiger partial charge < -0.3 is 4.42 Å². The van der Waals surface area contributed by atoms with Crippen LogP contribution in [0.25, 0.3) is 49.7 Å². The molecule has 0 atom stereocenters. The van der Waals surface area contributed by atoms with Crippen LogP contribution < -0.4 is 0 Å². The lowest BCUT2D eigenvalue weighted by molar-refractivity contribution is 0.572. The minimum Gasteiger partial charge on any atom is -0.457 e. The minimum atomic E-state index is 0.837. The zero-order valence-corrected chi connectivity index (χ0v) is 14.9. The smallest absolute Gasteiger partial charge is 0.135 e. The Morgan fingerprint density at radius 3 is 2.22 bits per heavy atom. The number of benzene rings is 4. The normalized spacial score (nSPS) is 12.3. The lowest BCUT2D eigenvalue weighted by atomic mass is 9.91. The molecule has 5 aromatic rings. The van der Waals surface area contributed by atoms with E-state index in [2.05, 4.69) is 61.2 Å². The number of rotatable bonds is 4. The minimum absolute atomic E-state index is 0.837. The monoisotopic (exact) mass is 346 g/mol. The maximum atomic E-state index is 6.09. The molecule has 1 heteroatoms. The molecule has 0 N–H and O–H groups in total. The van der Waals surface area contributed by atoms with Gasteiger partial charge in [0, 0.05) is 5.56 Å². The molecule has 0 spiro atoms. The third kappa shape index (κ3) is 2.56. The predicted octanol–water partition coefficient (Wildman–Crippen LogP) is 7.60. The van der Waals surface area contributed by atoms with Crippen LogP contribution in [0.15, 0.2) is 102 Å². The molecule has 0 radical (unpaired) electrons. The fraction of sp³-hybridized carbons (Fsp3) is 0. The van der Waals surface area contributed by atoms with Crippen molar-refractivity contribution in [3.63, 3.8) is 0 Å². The van der Waals surface area contributed by atoms with Gasteiger partial charge in [0.05, 0.1) is 0 Å². The summed E-state index contributed by atoms with van der Waals surface area (Å²) in [6.45, 7) is 3.67. The first-order valence-electron chi connectivity index (χ1n) is 9.08. The Balaban J connectivity index is 1.70. The molecule has 0 bridgehead atoms. The van der Waals surface area contributed by atoms with Gasteiger partial charge in [0.1, 0.15) is 11.5 Å². The summed E-state index contributed by atoms with van der Waals surface area (Å²) in [6, 6.07) is 23.7. The second-order valence-corrected chi connectivity index (χ2v) is 6.65. The second-order valence-electron chi connectivity index (χ2n) is 6.65. The maximum Gasteiger partial charge on any atom is 0.135 e. The van der Waals surface area contributed by atoms with Crippen molar-refractivity contribution in [3.8, 4) is 11.3 Å². The van der Waals surface area contributed by atoms with Crippen LogP contribution in [0.4, 0.5) is 0 Å². The average molecular weight is 346 g/mol. The van der Waals surface area contributed by atoms with Crippen molar-refractivity contribution in [2.75, 3.05) is 0 Å². The molecule has 0 unspecified atom stereocenters. The summed E-state index contributed by atoms with van der Waals surface area (Å²) in [4.78, 5) is 0. The van der Waals surface area contributed by atoms with Gasteiger partial charge in [-0.15, -0.1) is 0 Å². The van der Waals surface area contributed by atoms with E-state index in [4.69, 9.17) is 4.42 Å². The highest BCUT2D eigenvalue weighted by Crippen LogP contribution is 2.39. The van der Waals surface area contributed by atoms with E-state index in [1.165, 1.54) is 32.3 Å². The van der Waals surface area contributed by atoms with Crippen molar-refractivity contribution < 1.29 is 4.42 Å². The molecule has 0 aliphatic heterocycles. The van der Waals surface area contributed by atoms with Crippen molar-refractivity contribution in [3.05, 3.63) is 103 Å². The molecule has 0 saturated carbocycles. The van der Waals surface area contributed by atoms with Crippen LogP contribution in [0.5, 0.6) is 0 Å². The third-order valence-corrected chi connectivity index (χ3v) is 5.04. The highest BCUT2D eigenvalue weighted by Gasteiger charge is 2.13. The molecule has 1 heterocycles. The number of hydrogen-bond donors (Lipinski definition) is 0. The van der Waals surface area contributed by atoms with E-state index in [0.29, 0.717) is 0 Å². The third-order valence-electron chi connectivity index (χ3n) is 5.04. The lowest BCUT2D eigenvalue weighted by Crippen LogP contribution is -1.86. The second kappa shape index (κ2) is 6.30. The van der Waals surface area contributed by atoms with Gasteiger partial charge in [-0.1, -0.05) is 79.4 Å². The Bertz CT molecular complexity index is 1320. The van der Waals surface area contributed by atoms with Crippen LogP contribution in [0, 0.1) is 0 Å². The zero-order valence-electron chi connectivity index (χ0n) is 14.9. The standard InChI is InChI=1S/C26H18O/c1-2-3-4-5-9-21-14-17-24(27-21)22-15-12-20-11-10-18-7-6-8-19-13-16-23(22)26(20)25(18)19/h2-17H,1H2/b4-3-,9-5+. The van der Waals surface area contributed by atoms with Gasteiger partial charge in [0.2, 0.25) is 0 Å². The van der Waals surface area contributed by atoms with Crippen LogP contribution in [0.1, 0.15) is 5.76 Å². The first kappa shape index (κ1) is 15.7. The molecule has 0 saturated heterocycles. The van der Waals surface area contributed by atoms with Gasteiger partial charge >= 0.3 is 0 Å². The van der Waals surface area contributed by atoms with Crippen molar-refractivity contribution in [1.29, 1.82) is 0 Å². The highest BCUT2D eigenvalue weighted by molar-refractivity contribution is 6.25. The van der Waals surface area contributed by atoms with Crippen LogP contribution in [-0.4, -0.2) is 0 Å². The topological polar surface area (TPSA) is 13.1 Å². The summed E-state index contributed by atoms with van der Waals surface area (Å²) in [5.74, 6) is 1.73.